The molecule has 6 nitrogen and oxygen atoms in total. The Bertz CT molecular complexity index is 896. The first-order valence-electron chi connectivity index (χ1n) is 10.9. The fraction of sp³-hybridized carbons (Fsp3) is 0.385. The summed E-state index contributed by atoms with van der Waals surface area (Å²) in [5.74, 6) is -0.0925. The molecule has 32 heavy (non-hydrogen) atoms. The Morgan fingerprint density at radius 2 is 1.66 bits per heavy atom. The van der Waals surface area contributed by atoms with Gasteiger partial charge in [0.05, 0.1) is 12.0 Å². The quantitative estimate of drug-likeness (QED) is 0.334. The van der Waals surface area contributed by atoms with Crippen LogP contribution in [0.15, 0.2) is 66.7 Å². The van der Waals surface area contributed by atoms with Crippen LogP contribution in [0.2, 0.25) is 0 Å². The van der Waals surface area contributed by atoms with Gasteiger partial charge in [0, 0.05) is 12.6 Å². The molecule has 3 N–H and O–H groups in total. The van der Waals surface area contributed by atoms with Gasteiger partial charge in [-0.25, -0.2) is 4.79 Å². The number of benzene rings is 2. The number of carboxylic acid groups (broad SMARTS) is 1. The smallest absolute Gasteiger partial charge is 0.315 e. The normalized spacial score (nSPS) is 13.5. The van der Waals surface area contributed by atoms with Crippen molar-refractivity contribution >= 4 is 12.0 Å². The molecule has 172 valence electrons. The van der Waals surface area contributed by atoms with Gasteiger partial charge in [0.25, 0.3) is 0 Å². The van der Waals surface area contributed by atoms with Gasteiger partial charge in [0.15, 0.2) is 0 Å². The first-order valence-corrected chi connectivity index (χ1v) is 10.9. The molecule has 0 radical (unpaired) electrons. The molecule has 0 fully saturated rings. The number of amides is 2. The number of carbonyl (C=O) groups excluding carboxylic acids is 1. The van der Waals surface area contributed by atoms with Crippen LogP contribution in [0.3, 0.4) is 0 Å². The molecular formula is C26H34N2O4. The maximum atomic E-state index is 12.0. The largest absolute Gasteiger partial charge is 0.494 e. The van der Waals surface area contributed by atoms with E-state index in [-0.39, 0.29) is 12.1 Å². The zero-order valence-electron chi connectivity index (χ0n) is 19.2. The first-order chi connectivity index (χ1) is 15.2. The second kappa shape index (κ2) is 11.9. The van der Waals surface area contributed by atoms with E-state index in [1.165, 1.54) is 0 Å². The molecule has 0 saturated heterocycles. The maximum Gasteiger partial charge on any atom is 0.315 e. The summed E-state index contributed by atoms with van der Waals surface area (Å²) in [5.41, 5.74) is 1.96. The van der Waals surface area contributed by atoms with Gasteiger partial charge in [-0.3, -0.25) is 4.79 Å². The molecule has 0 bridgehead atoms. The van der Waals surface area contributed by atoms with E-state index in [2.05, 4.69) is 17.2 Å². The highest BCUT2D eigenvalue weighted by Gasteiger charge is 2.33. The summed E-state index contributed by atoms with van der Waals surface area (Å²) < 4.78 is 5.73. The summed E-state index contributed by atoms with van der Waals surface area (Å²) in [4.78, 5) is 23.7. The lowest BCUT2D eigenvalue weighted by Gasteiger charge is -2.25. The van der Waals surface area contributed by atoms with E-state index < -0.39 is 11.4 Å². The van der Waals surface area contributed by atoms with Gasteiger partial charge < -0.3 is 20.5 Å². The number of urea groups is 1. The van der Waals surface area contributed by atoms with Crippen LogP contribution in [0.1, 0.15) is 38.3 Å². The van der Waals surface area contributed by atoms with Gasteiger partial charge in [-0.05, 0) is 63.3 Å². The van der Waals surface area contributed by atoms with Gasteiger partial charge in [-0.2, -0.15) is 0 Å². The first kappa shape index (κ1) is 25.0. The third kappa shape index (κ3) is 8.10. The summed E-state index contributed by atoms with van der Waals surface area (Å²) in [6.45, 7) is 10.3. The second-order valence-corrected chi connectivity index (χ2v) is 8.52. The highest BCUT2D eigenvalue weighted by atomic mass is 16.5. The Morgan fingerprint density at radius 1 is 1.06 bits per heavy atom. The molecule has 0 aliphatic carbocycles. The number of aliphatic carboxylic acids is 1. The molecule has 0 heterocycles. The molecule has 2 amide bonds. The van der Waals surface area contributed by atoms with Gasteiger partial charge in [-0.15, -0.1) is 0 Å². The minimum atomic E-state index is -0.891. The fourth-order valence-electron chi connectivity index (χ4n) is 3.25. The number of hydrogen-bond donors (Lipinski definition) is 3. The summed E-state index contributed by atoms with van der Waals surface area (Å²) in [6.07, 6.45) is 1.57. The van der Waals surface area contributed by atoms with Crippen LogP contribution in [-0.2, 0) is 17.6 Å². The average Bonchev–Trinajstić information content (AvgIpc) is 2.75. The molecule has 6 heteroatoms. The predicted molar refractivity (Wildman–Crippen MR) is 127 cm³/mol. The van der Waals surface area contributed by atoms with E-state index in [0.29, 0.717) is 38.2 Å². The van der Waals surface area contributed by atoms with Crippen molar-refractivity contribution in [2.24, 2.45) is 5.41 Å². The molecule has 0 aliphatic heterocycles. The molecule has 0 aromatic heterocycles. The van der Waals surface area contributed by atoms with Crippen molar-refractivity contribution in [3.05, 3.63) is 77.9 Å². The molecule has 0 saturated carbocycles. The van der Waals surface area contributed by atoms with Crippen molar-refractivity contribution in [3.8, 4) is 5.75 Å². The van der Waals surface area contributed by atoms with E-state index in [4.69, 9.17) is 4.74 Å². The lowest BCUT2D eigenvalue weighted by atomic mass is 9.78. The van der Waals surface area contributed by atoms with Crippen molar-refractivity contribution < 1.29 is 19.4 Å². The Labute approximate surface area is 190 Å². The number of rotatable bonds is 12. The lowest BCUT2D eigenvalue weighted by Crippen LogP contribution is -2.41. The zero-order valence-corrected chi connectivity index (χ0v) is 19.2. The van der Waals surface area contributed by atoms with Crippen molar-refractivity contribution in [1.29, 1.82) is 0 Å². The number of ether oxygens (including phenoxy) is 1. The minimum Gasteiger partial charge on any atom is -0.494 e. The van der Waals surface area contributed by atoms with Crippen LogP contribution in [-0.4, -0.2) is 36.3 Å². The molecule has 1 unspecified atom stereocenters. The number of nitrogens with one attached hydrogen (secondary N) is 2. The topological polar surface area (TPSA) is 87.7 Å². The summed E-state index contributed by atoms with van der Waals surface area (Å²) in [5, 5.41) is 15.4. The molecule has 2 aromatic carbocycles. The predicted octanol–water partition coefficient (Wildman–Crippen LogP) is 4.60. The standard InChI is InChI=1S/C26H34N2O4/c1-19(2)20(3)28-25(31)27-15-8-16-32-23-13-11-22(12-14-23)18-26(4,24(29)30)17-21-9-6-5-7-10-21/h5-7,9-14,20H,1,8,15-18H2,2-4H3,(H,29,30)(H2,27,28,31)/t20?,26-/m1/s1. The van der Waals surface area contributed by atoms with Gasteiger partial charge in [0.1, 0.15) is 5.75 Å². The number of hydrogen-bond acceptors (Lipinski definition) is 3. The van der Waals surface area contributed by atoms with Gasteiger partial charge >= 0.3 is 12.0 Å². The molecule has 2 atom stereocenters. The number of carboxylic acids is 1. The Balaban J connectivity index is 1.79. The SMILES string of the molecule is C=C(C)C(C)NC(=O)NCCCOc1ccc(C[C@@](C)(Cc2ccccc2)C(=O)O)cc1. The zero-order chi connectivity index (χ0) is 23.6. The summed E-state index contributed by atoms with van der Waals surface area (Å²) in [7, 11) is 0. The molecule has 0 aliphatic rings. The Kier molecular flexibility index (Phi) is 9.32. The second-order valence-electron chi connectivity index (χ2n) is 8.52. The van der Waals surface area contributed by atoms with E-state index >= 15 is 0 Å². The third-order valence-corrected chi connectivity index (χ3v) is 5.43. The summed E-state index contributed by atoms with van der Waals surface area (Å²) >= 11 is 0. The molecule has 2 rings (SSSR count). The van der Waals surface area contributed by atoms with Crippen molar-refractivity contribution in [1.82, 2.24) is 10.6 Å². The van der Waals surface area contributed by atoms with Crippen molar-refractivity contribution in [2.75, 3.05) is 13.2 Å². The van der Waals surface area contributed by atoms with Crippen LogP contribution in [0.25, 0.3) is 0 Å². The maximum absolute atomic E-state index is 12.0. The highest BCUT2D eigenvalue weighted by Crippen LogP contribution is 2.29. The average molecular weight is 439 g/mol. The van der Waals surface area contributed by atoms with Crippen LogP contribution < -0.4 is 15.4 Å². The van der Waals surface area contributed by atoms with Gasteiger partial charge in [0.2, 0.25) is 0 Å². The monoisotopic (exact) mass is 438 g/mol. The van der Waals surface area contributed by atoms with Crippen LogP contribution in [0.5, 0.6) is 5.75 Å². The summed E-state index contributed by atoms with van der Waals surface area (Å²) in [6, 6.07) is 16.9. The molecular weight excluding hydrogens is 404 g/mol. The third-order valence-electron chi connectivity index (χ3n) is 5.43. The van der Waals surface area contributed by atoms with Crippen LogP contribution in [0.4, 0.5) is 4.79 Å². The highest BCUT2D eigenvalue weighted by molar-refractivity contribution is 5.75. The van der Waals surface area contributed by atoms with Crippen molar-refractivity contribution in [2.45, 2.75) is 46.1 Å². The minimum absolute atomic E-state index is 0.0690. The van der Waals surface area contributed by atoms with E-state index in [9.17, 15) is 14.7 Å². The Morgan fingerprint density at radius 3 is 2.22 bits per heavy atom. The number of carbonyl (C=O) groups is 2. The molecule has 2 aromatic rings. The van der Waals surface area contributed by atoms with E-state index in [1.54, 1.807) is 6.92 Å². The van der Waals surface area contributed by atoms with Gasteiger partial charge in [-0.1, -0.05) is 54.6 Å². The van der Waals surface area contributed by atoms with Crippen LogP contribution >= 0.6 is 0 Å². The fourth-order valence-corrected chi connectivity index (χ4v) is 3.25. The van der Waals surface area contributed by atoms with Crippen LogP contribution in [0, 0.1) is 5.41 Å². The van der Waals surface area contributed by atoms with E-state index in [0.717, 1.165) is 16.7 Å². The Hall–Kier alpha value is -3.28. The molecule has 0 spiro atoms. The van der Waals surface area contributed by atoms with E-state index in [1.807, 2.05) is 68.4 Å². The lowest BCUT2D eigenvalue weighted by molar-refractivity contribution is -0.147. The van der Waals surface area contributed by atoms with Crippen molar-refractivity contribution in [3.63, 3.8) is 0 Å².